The Morgan fingerprint density at radius 2 is 0.978 bits per heavy atom. The van der Waals surface area contributed by atoms with Crippen LogP contribution in [-0.2, 0) is 64.6 Å². The summed E-state index contributed by atoms with van der Waals surface area (Å²) in [4.78, 5) is 136. The molecule has 89 heavy (non-hydrogen) atoms. The van der Waals surface area contributed by atoms with Gasteiger partial charge in [0.2, 0.25) is 47.3 Å². The minimum absolute atomic E-state index is 0.0971. The summed E-state index contributed by atoms with van der Waals surface area (Å²) < 4.78 is 11.4. The molecule has 0 unspecified atom stereocenters. The zero-order valence-electron chi connectivity index (χ0n) is 52.9. The van der Waals surface area contributed by atoms with Gasteiger partial charge in [0.25, 0.3) is 0 Å². The monoisotopic (exact) mass is 1230 g/mol. The molecule has 23 nitrogen and oxygen atoms in total. The number of rotatable bonds is 34. The topological polar surface area (TPSA) is 358 Å². The summed E-state index contributed by atoms with van der Waals surface area (Å²) >= 11 is 0. The number of carbonyl (C=O) groups excluding carboxylic acids is 9. The van der Waals surface area contributed by atoms with Gasteiger partial charge in [-0.2, -0.15) is 0 Å². The Morgan fingerprint density at radius 3 is 1.47 bits per heavy atom. The van der Waals surface area contributed by atoms with Crippen LogP contribution in [0.4, 0.5) is 0 Å². The van der Waals surface area contributed by atoms with Gasteiger partial charge in [0.05, 0.1) is 12.6 Å². The number of esters is 1. The number of ether oxygens (including phenoxy) is 2. The molecular formula is C66H92N10O13. The first-order chi connectivity index (χ1) is 41.9. The third kappa shape index (κ3) is 24.8. The number of hydrogen-bond donors (Lipinski definition) is 11. The van der Waals surface area contributed by atoms with Crippen molar-refractivity contribution in [1.82, 2.24) is 42.5 Å². The number of benzene rings is 4. The molecular weight excluding hydrogens is 1140 g/mol. The smallest absolute Gasteiger partial charge is 0.326 e. The fourth-order valence-electron chi connectivity index (χ4n) is 9.53. The molecule has 0 aromatic heterocycles. The Morgan fingerprint density at radius 1 is 0.506 bits per heavy atom. The molecule has 4 aromatic rings. The second-order valence-electron chi connectivity index (χ2n) is 24.5. The van der Waals surface area contributed by atoms with Gasteiger partial charge in [0.15, 0.2) is 0 Å². The van der Waals surface area contributed by atoms with Crippen molar-refractivity contribution in [2.75, 3.05) is 13.1 Å². The van der Waals surface area contributed by atoms with Crippen LogP contribution in [0.3, 0.4) is 0 Å². The number of hydrogen-bond acceptors (Lipinski definition) is 14. The van der Waals surface area contributed by atoms with Crippen molar-refractivity contribution in [3.63, 3.8) is 0 Å². The molecule has 0 spiro atoms. The van der Waals surface area contributed by atoms with E-state index in [2.05, 4.69) is 42.5 Å². The third-order valence-electron chi connectivity index (χ3n) is 13.9. The summed E-state index contributed by atoms with van der Waals surface area (Å²) in [5.74, 6) is -7.90. The molecule has 13 N–H and O–H groups in total. The highest BCUT2D eigenvalue weighted by Crippen LogP contribution is 2.37. The van der Waals surface area contributed by atoms with Crippen molar-refractivity contribution in [2.45, 2.75) is 186 Å². The van der Waals surface area contributed by atoms with Crippen molar-refractivity contribution in [3.05, 3.63) is 138 Å². The molecule has 0 aliphatic rings. The Balaban J connectivity index is 1.59. The third-order valence-corrected chi connectivity index (χ3v) is 13.9. The number of unbranched alkanes of at least 4 members (excludes halogenated alkanes) is 1. The van der Waals surface area contributed by atoms with Crippen LogP contribution in [-0.4, -0.2) is 131 Å². The van der Waals surface area contributed by atoms with E-state index in [1.807, 2.05) is 126 Å². The van der Waals surface area contributed by atoms with Crippen LogP contribution in [0.1, 0.15) is 143 Å². The lowest BCUT2D eigenvalue weighted by atomic mass is 9.77. The maximum Gasteiger partial charge on any atom is 0.326 e. The first-order valence-electron chi connectivity index (χ1n) is 30.2. The van der Waals surface area contributed by atoms with E-state index in [0.717, 1.165) is 5.56 Å². The van der Waals surface area contributed by atoms with Crippen molar-refractivity contribution in [1.29, 1.82) is 0 Å². The lowest BCUT2D eigenvalue weighted by Crippen LogP contribution is -2.58. The molecule has 23 heteroatoms. The number of carboxylic acids is 1. The number of amides is 8. The molecule has 0 saturated carbocycles. The molecule has 0 aliphatic heterocycles. The molecule has 0 fully saturated rings. The lowest BCUT2D eigenvalue weighted by molar-refractivity contribution is -0.155. The molecule has 484 valence electrons. The first kappa shape index (κ1) is 72.8. The van der Waals surface area contributed by atoms with Crippen LogP contribution >= 0.6 is 0 Å². The number of nitrogens with one attached hydrogen (secondary N) is 8. The average molecular weight is 1230 g/mol. The van der Waals surface area contributed by atoms with E-state index in [1.54, 1.807) is 45.0 Å². The van der Waals surface area contributed by atoms with Gasteiger partial charge in [-0.1, -0.05) is 117 Å². The second kappa shape index (κ2) is 34.7. The van der Waals surface area contributed by atoms with Crippen molar-refractivity contribution < 1.29 is 62.5 Å². The Kier molecular flexibility index (Phi) is 28.4. The van der Waals surface area contributed by atoms with E-state index in [-0.39, 0.29) is 50.9 Å². The van der Waals surface area contributed by atoms with Crippen molar-refractivity contribution in [2.24, 2.45) is 17.4 Å². The highest BCUT2D eigenvalue weighted by Gasteiger charge is 2.39. The highest BCUT2D eigenvalue weighted by molar-refractivity contribution is 5.97. The van der Waals surface area contributed by atoms with Crippen LogP contribution < -0.4 is 58.7 Å². The van der Waals surface area contributed by atoms with Crippen LogP contribution in [0.5, 0.6) is 5.75 Å². The highest BCUT2D eigenvalue weighted by atomic mass is 16.6. The molecule has 4 aromatic carbocycles. The van der Waals surface area contributed by atoms with Crippen LogP contribution in [0.25, 0.3) is 0 Å². The van der Waals surface area contributed by atoms with Crippen molar-refractivity contribution >= 4 is 59.2 Å². The zero-order chi connectivity index (χ0) is 66.1. The SMILES string of the molecule is CC(C)C[C@H](NC(=O)[C@@H](N)Cc1ccc(OC(C)(C)C)cc1)C(=O)N[C@@H](CCC(=O)OC(C)(C)C)C(=O)NCC(=O)N[C@@H](CCC(=O)NC(c1ccccc1)(c1ccccc1)c1ccccc1)C(=O)N[C@@H](C)C(=O)N[C@@H](C)C(=O)N[C@@H](CCCCN)C(=O)O. The summed E-state index contributed by atoms with van der Waals surface area (Å²) in [5, 5.41) is 30.7. The minimum atomic E-state index is -1.55. The molecule has 7 atom stereocenters. The standard InChI is InChI=1S/C66H92N10O13/c1-41(2)38-53(75-59(82)49(68)39-44-29-31-48(32-30-44)88-64(5,6)7)62(85)73-50(34-36-56(79)89-65(8,9)10)60(83)69-40-55(78)72-51(61(84)71-42(3)57(80)70-43(4)58(81)74-52(63(86)87)28-20-21-37-67)33-35-54(77)76-66(45-22-14-11-15-23-45,46-24-16-12-17-25-46)47-26-18-13-19-27-47/h11-19,22-27,29-32,41-43,49-53H,20-21,28,33-40,67-68H2,1-10H3,(H,69,83)(H,70,80)(H,71,84)(H,72,78)(H,73,85)(H,74,81)(H,75,82)(H,76,77)(H,86,87)/t42-,43-,49-,50-,51-,52-,53-/m0/s1. The summed E-state index contributed by atoms with van der Waals surface area (Å²) in [5.41, 5.74) is 12.2. The quantitative estimate of drug-likeness (QED) is 0.0178. The van der Waals surface area contributed by atoms with E-state index in [1.165, 1.54) is 13.8 Å². The molecule has 0 radical (unpaired) electrons. The molecule has 4 rings (SSSR count). The van der Waals surface area contributed by atoms with E-state index < -0.39 is 125 Å². The fourth-order valence-corrected chi connectivity index (χ4v) is 9.53. The average Bonchev–Trinajstić information content (AvgIpc) is 0.859. The largest absolute Gasteiger partial charge is 0.488 e. The maximum absolute atomic E-state index is 14.5. The summed E-state index contributed by atoms with van der Waals surface area (Å²) in [6.07, 6.45) is -0.112. The van der Waals surface area contributed by atoms with E-state index in [0.29, 0.717) is 41.8 Å². The van der Waals surface area contributed by atoms with Crippen molar-refractivity contribution in [3.8, 4) is 5.75 Å². The van der Waals surface area contributed by atoms with Gasteiger partial charge < -0.3 is 68.6 Å². The summed E-state index contributed by atoms with van der Waals surface area (Å²) in [7, 11) is 0. The second-order valence-corrected chi connectivity index (χ2v) is 24.5. The lowest BCUT2D eigenvalue weighted by Gasteiger charge is -2.37. The van der Waals surface area contributed by atoms with Crippen LogP contribution in [0.15, 0.2) is 115 Å². The normalized spacial score (nSPS) is 13.9. The summed E-state index contributed by atoms with van der Waals surface area (Å²) in [6, 6.07) is 25.7. The molecule has 0 bridgehead atoms. The fraction of sp³-hybridized carbons (Fsp3) is 0.485. The van der Waals surface area contributed by atoms with Crippen LogP contribution in [0.2, 0.25) is 0 Å². The van der Waals surface area contributed by atoms with Gasteiger partial charge in [-0.3, -0.25) is 43.2 Å². The minimum Gasteiger partial charge on any atom is -0.488 e. The number of nitrogens with two attached hydrogens (primary N) is 2. The maximum atomic E-state index is 14.5. The van der Waals surface area contributed by atoms with E-state index in [4.69, 9.17) is 20.9 Å². The number of carboxylic acid groups (broad SMARTS) is 1. The van der Waals surface area contributed by atoms with E-state index >= 15 is 0 Å². The number of carbonyl (C=O) groups is 10. The Labute approximate surface area is 522 Å². The molecule has 8 amide bonds. The van der Waals surface area contributed by atoms with Gasteiger partial charge >= 0.3 is 11.9 Å². The van der Waals surface area contributed by atoms with Gasteiger partial charge in [0, 0.05) is 12.8 Å². The van der Waals surface area contributed by atoms with Gasteiger partial charge in [-0.05, 0) is 147 Å². The molecule has 0 saturated heterocycles. The number of aliphatic carboxylic acids is 1. The van der Waals surface area contributed by atoms with Gasteiger partial charge in [-0.25, -0.2) is 4.79 Å². The van der Waals surface area contributed by atoms with Gasteiger partial charge in [-0.15, -0.1) is 0 Å². The summed E-state index contributed by atoms with van der Waals surface area (Å²) in [6.45, 7) is 16.6. The molecule has 0 aliphatic carbocycles. The zero-order valence-corrected chi connectivity index (χ0v) is 52.9. The predicted molar refractivity (Wildman–Crippen MR) is 336 cm³/mol. The Bertz CT molecular complexity index is 2890. The Hall–Kier alpha value is -8.70. The molecule has 0 heterocycles. The predicted octanol–water partition coefficient (Wildman–Crippen LogP) is 4.07. The van der Waals surface area contributed by atoms with Crippen LogP contribution in [0, 0.1) is 5.92 Å². The van der Waals surface area contributed by atoms with Gasteiger partial charge in [0.1, 0.15) is 58.7 Å². The first-order valence-corrected chi connectivity index (χ1v) is 30.2. The van der Waals surface area contributed by atoms with E-state index in [9.17, 15) is 53.1 Å².